The number of hydrogen-bond acceptors (Lipinski definition) is 4. The monoisotopic (exact) mass is 441 g/mol. The van der Waals surface area contributed by atoms with Crippen LogP contribution in [0.1, 0.15) is 30.1 Å². The molecule has 0 saturated carbocycles. The molecule has 1 saturated heterocycles. The maximum atomic E-state index is 12.6. The van der Waals surface area contributed by atoms with Crippen LogP contribution < -0.4 is 10.2 Å². The van der Waals surface area contributed by atoms with Gasteiger partial charge in [0.25, 0.3) is 11.6 Å². The largest absolute Gasteiger partial charge is 0.366 e. The molecule has 0 unspecified atom stereocenters. The fourth-order valence-corrected chi connectivity index (χ4v) is 3.73. The van der Waals surface area contributed by atoms with Crippen molar-refractivity contribution in [1.29, 1.82) is 0 Å². The number of nitro groups is 1. The average Bonchev–Trinajstić information content (AvgIpc) is 2.66. The van der Waals surface area contributed by atoms with Crippen molar-refractivity contribution >= 4 is 57.8 Å². The molecule has 0 aromatic heterocycles. The Morgan fingerprint density at radius 1 is 1.11 bits per heavy atom. The first kappa shape index (κ1) is 20.7. The molecule has 2 aromatic carbocycles. The van der Waals surface area contributed by atoms with E-state index < -0.39 is 10.8 Å². The van der Waals surface area contributed by atoms with Crippen molar-refractivity contribution in [2.45, 2.75) is 19.8 Å². The molecule has 3 rings (SSSR count). The Hall–Kier alpha value is -2.02. The predicted molar refractivity (Wildman–Crippen MR) is 113 cm³/mol. The molecule has 2 aromatic rings. The number of halogens is 3. The zero-order valence-electron chi connectivity index (χ0n) is 15.0. The first-order chi connectivity index (χ1) is 13.3. The van der Waals surface area contributed by atoms with E-state index >= 15 is 0 Å². The van der Waals surface area contributed by atoms with Crippen LogP contribution in [0.15, 0.2) is 30.3 Å². The summed E-state index contributed by atoms with van der Waals surface area (Å²) >= 11 is 17.9. The third kappa shape index (κ3) is 4.51. The quantitative estimate of drug-likeness (QED) is 0.355. The van der Waals surface area contributed by atoms with E-state index in [4.69, 9.17) is 34.8 Å². The number of carbonyl (C=O) groups excluding carboxylic acids is 1. The molecule has 1 aliphatic heterocycles. The molecule has 1 fully saturated rings. The second-order valence-electron chi connectivity index (χ2n) is 6.83. The topological polar surface area (TPSA) is 75.5 Å². The number of anilines is 2. The fourth-order valence-electron chi connectivity index (χ4n) is 3.14. The normalized spacial score (nSPS) is 14.8. The number of rotatable bonds is 4. The zero-order chi connectivity index (χ0) is 20.4. The highest BCUT2D eigenvalue weighted by atomic mass is 35.5. The lowest BCUT2D eigenvalue weighted by Gasteiger charge is -2.31. The van der Waals surface area contributed by atoms with Crippen molar-refractivity contribution in [3.8, 4) is 0 Å². The van der Waals surface area contributed by atoms with Crippen LogP contribution in [0.5, 0.6) is 0 Å². The number of hydrogen-bond donors (Lipinski definition) is 1. The predicted octanol–water partition coefficient (Wildman–Crippen LogP) is 6.04. The highest BCUT2D eigenvalue weighted by molar-refractivity contribution is 6.44. The summed E-state index contributed by atoms with van der Waals surface area (Å²) in [5.41, 5.74) is 0.865. The van der Waals surface area contributed by atoms with Gasteiger partial charge in [-0.25, -0.2) is 0 Å². The van der Waals surface area contributed by atoms with Gasteiger partial charge in [-0.05, 0) is 43.0 Å². The molecule has 0 radical (unpaired) electrons. The number of nitrogens with one attached hydrogen (secondary N) is 1. The second kappa shape index (κ2) is 8.55. The Labute approximate surface area is 177 Å². The van der Waals surface area contributed by atoms with Gasteiger partial charge in [0.1, 0.15) is 5.69 Å². The molecule has 1 aliphatic rings. The minimum Gasteiger partial charge on any atom is -0.366 e. The van der Waals surface area contributed by atoms with Crippen LogP contribution in [0.2, 0.25) is 15.1 Å². The van der Waals surface area contributed by atoms with E-state index in [1.54, 1.807) is 12.1 Å². The van der Waals surface area contributed by atoms with Crippen molar-refractivity contribution in [3.63, 3.8) is 0 Å². The third-order valence-corrected chi connectivity index (χ3v) is 5.85. The van der Waals surface area contributed by atoms with Crippen molar-refractivity contribution in [1.82, 2.24) is 0 Å². The minimum absolute atomic E-state index is 0.0950. The van der Waals surface area contributed by atoms with Gasteiger partial charge >= 0.3 is 0 Å². The van der Waals surface area contributed by atoms with Crippen molar-refractivity contribution < 1.29 is 9.72 Å². The van der Waals surface area contributed by atoms with E-state index in [9.17, 15) is 14.9 Å². The lowest BCUT2D eigenvalue weighted by atomic mass is 9.98. The zero-order valence-corrected chi connectivity index (χ0v) is 17.3. The molecular formula is C19H18Cl3N3O3. The molecule has 6 nitrogen and oxygen atoms in total. The molecular weight excluding hydrogens is 425 g/mol. The Kier molecular flexibility index (Phi) is 6.33. The smallest absolute Gasteiger partial charge is 0.293 e. The maximum Gasteiger partial charge on any atom is 0.293 e. The molecule has 1 N–H and O–H groups in total. The van der Waals surface area contributed by atoms with Gasteiger partial charge in [0.2, 0.25) is 0 Å². The summed E-state index contributed by atoms with van der Waals surface area (Å²) in [5, 5.41) is 14.9. The van der Waals surface area contributed by atoms with E-state index in [1.807, 2.05) is 4.90 Å². The first-order valence-corrected chi connectivity index (χ1v) is 9.89. The summed E-state index contributed by atoms with van der Waals surface area (Å²) in [6.45, 7) is 3.69. The number of nitro benzene ring substituents is 1. The van der Waals surface area contributed by atoms with Gasteiger partial charge in [-0.1, -0.05) is 41.7 Å². The van der Waals surface area contributed by atoms with Gasteiger partial charge in [-0.15, -0.1) is 0 Å². The molecule has 0 spiro atoms. The van der Waals surface area contributed by atoms with E-state index in [1.165, 1.54) is 18.2 Å². The molecule has 148 valence electrons. The number of carbonyl (C=O) groups is 1. The summed E-state index contributed by atoms with van der Waals surface area (Å²) in [4.78, 5) is 25.7. The minimum atomic E-state index is -0.526. The standard InChI is InChI=1S/C19H18Cl3N3O3/c1-11-4-6-24(7-5-11)17-3-2-12(8-18(17)25(27)28)19(26)23-16-10-14(21)13(20)9-15(16)22/h2-3,8-11H,4-7H2,1H3,(H,23,26). The summed E-state index contributed by atoms with van der Waals surface area (Å²) in [6, 6.07) is 7.33. The van der Waals surface area contributed by atoms with Crippen LogP contribution >= 0.6 is 34.8 Å². The molecule has 1 amide bonds. The Morgan fingerprint density at radius 3 is 2.39 bits per heavy atom. The fraction of sp³-hybridized carbons (Fsp3) is 0.316. The first-order valence-electron chi connectivity index (χ1n) is 8.75. The number of piperidine rings is 1. The lowest BCUT2D eigenvalue weighted by molar-refractivity contribution is -0.384. The van der Waals surface area contributed by atoms with Crippen LogP contribution in [-0.2, 0) is 0 Å². The van der Waals surface area contributed by atoms with E-state index in [2.05, 4.69) is 12.2 Å². The van der Waals surface area contributed by atoms with Crippen LogP contribution in [0, 0.1) is 16.0 Å². The number of benzene rings is 2. The van der Waals surface area contributed by atoms with Gasteiger partial charge in [-0.3, -0.25) is 14.9 Å². The van der Waals surface area contributed by atoms with Crippen molar-refractivity contribution in [2.24, 2.45) is 5.92 Å². The van der Waals surface area contributed by atoms with E-state index in [0.29, 0.717) is 11.6 Å². The van der Waals surface area contributed by atoms with E-state index in [-0.39, 0.29) is 32.0 Å². The average molecular weight is 443 g/mol. The van der Waals surface area contributed by atoms with E-state index in [0.717, 1.165) is 25.9 Å². The van der Waals surface area contributed by atoms with Gasteiger partial charge in [0.05, 0.1) is 25.7 Å². The Morgan fingerprint density at radius 2 is 1.75 bits per heavy atom. The molecule has 1 heterocycles. The van der Waals surface area contributed by atoms with Crippen LogP contribution in [-0.4, -0.2) is 23.9 Å². The summed E-state index contributed by atoms with van der Waals surface area (Å²) in [5.74, 6) is 0.0820. The van der Waals surface area contributed by atoms with Crippen LogP contribution in [0.3, 0.4) is 0 Å². The van der Waals surface area contributed by atoms with Gasteiger partial charge in [-0.2, -0.15) is 0 Å². The van der Waals surface area contributed by atoms with Gasteiger partial charge < -0.3 is 10.2 Å². The molecule has 28 heavy (non-hydrogen) atoms. The van der Waals surface area contributed by atoms with Crippen molar-refractivity contribution in [2.75, 3.05) is 23.3 Å². The van der Waals surface area contributed by atoms with Crippen molar-refractivity contribution in [3.05, 3.63) is 61.1 Å². The SMILES string of the molecule is CC1CCN(c2ccc(C(=O)Nc3cc(Cl)c(Cl)cc3Cl)cc2[N+](=O)[O-])CC1. The summed E-state index contributed by atoms with van der Waals surface area (Å²) < 4.78 is 0. The Bertz CT molecular complexity index is 928. The third-order valence-electron chi connectivity index (χ3n) is 4.82. The lowest BCUT2D eigenvalue weighted by Crippen LogP contribution is -2.33. The number of nitrogens with zero attached hydrogens (tertiary/aromatic N) is 2. The molecule has 0 aliphatic carbocycles. The highest BCUT2D eigenvalue weighted by Crippen LogP contribution is 2.34. The summed E-state index contributed by atoms with van der Waals surface area (Å²) in [6.07, 6.45) is 1.96. The van der Waals surface area contributed by atoms with Crippen LogP contribution in [0.25, 0.3) is 0 Å². The highest BCUT2D eigenvalue weighted by Gasteiger charge is 2.25. The van der Waals surface area contributed by atoms with Crippen LogP contribution in [0.4, 0.5) is 17.1 Å². The number of amides is 1. The Balaban J connectivity index is 1.86. The molecule has 0 bridgehead atoms. The molecule has 9 heteroatoms. The second-order valence-corrected chi connectivity index (χ2v) is 8.05. The van der Waals surface area contributed by atoms with Gasteiger partial charge in [0, 0.05) is 24.7 Å². The maximum absolute atomic E-state index is 12.6. The summed E-state index contributed by atoms with van der Waals surface area (Å²) in [7, 11) is 0. The molecule has 0 atom stereocenters. The van der Waals surface area contributed by atoms with Gasteiger partial charge in [0.15, 0.2) is 0 Å².